The minimum atomic E-state index is -3.67. The van der Waals surface area contributed by atoms with Gasteiger partial charge in [0.1, 0.15) is 5.75 Å². The first-order chi connectivity index (χ1) is 13.3. The van der Waals surface area contributed by atoms with Crippen LogP contribution >= 0.6 is 0 Å². The molecule has 0 radical (unpaired) electrons. The van der Waals surface area contributed by atoms with Crippen LogP contribution in [0.15, 0.2) is 59.5 Å². The van der Waals surface area contributed by atoms with Gasteiger partial charge in [-0.3, -0.25) is 9.10 Å². The Bertz CT molecular complexity index is 994. The second-order valence-electron chi connectivity index (χ2n) is 7.11. The molecule has 0 aliphatic heterocycles. The molecule has 0 aromatic heterocycles. The summed E-state index contributed by atoms with van der Waals surface area (Å²) in [6.45, 7) is 3.83. The number of ether oxygens (including phenoxy) is 1. The molecule has 0 bridgehead atoms. The lowest BCUT2D eigenvalue weighted by Gasteiger charge is -2.20. The first kappa shape index (κ1) is 20.1. The van der Waals surface area contributed by atoms with Gasteiger partial charge in [0.2, 0.25) is 0 Å². The monoisotopic (exact) mass is 399 g/mol. The first-order valence-electron chi connectivity index (χ1n) is 9.32. The summed E-state index contributed by atoms with van der Waals surface area (Å²) in [7, 11) is -2.15. The van der Waals surface area contributed by atoms with Crippen molar-refractivity contribution in [3.8, 4) is 5.75 Å². The van der Waals surface area contributed by atoms with Crippen LogP contribution in [0.4, 0.5) is 5.69 Å². The molecule has 0 heterocycles. The predicted octanol–water partition coefficient (Wildman–Crippen LogP) is 4.39. The van der Waals surface area contributed by atoms with Gasteiger partial charge in [0.05, 0.1) is 16.5 Å². The molecule has 3 rings (SSSR count). The number of carbonyl (C=O) groups excluding carboxylic acids is 1. The summed E-state index contributed by atoms with van der Waals surface area (Å²) in [5.41, 5.74) is 2.47. The van der Waals surface area contributed by atoms with Crippen molar-refractivity contribution >= 4 is 21.7 Å². The number of carbonyl (C=O) groups is 1. The Morgan fingerprint density at radius 2 is 1.75 bits per heavy atom. The van der Waals surface area contributed by atoms with Crippen LogP contribution in [0.2, 0.25) is 0 Å². The highest BCUT2D eigenvalue weighted by Crippen LogP contribution is 2.27. The van der Waals surface area contributed by atoms with E-state index in [9.17, 15) is 13.2 Å². The van der Waals surface area contributed by atoms with E-state index in [1.807, 2.05) is 19.9 Å². The maximum Gasteiger partial charge on any atom is 0.314 e. The highest BCUT2D eigenvalue weighted by molar-refractivity contribution is 7.92. The highest BCUT2D eigenvalue weighted by atomic mass is 32.2. The van der Waals surface area contributed by atoms with Crippen LogP contribution in [0.3, 0.4) is 0 Å². The number of nitrogens with zero attached hydrogens (tertiary/aromatic N) is 1. The Labute approximate surface area is 166 Å². The van der Waals surface area contributed by atoms with E-state index in [1.54, 1.807) is 42.5 Å². The van der Waals surface area contributed by atoms with Crippen LogP contribution in [-0.4, -0.2) is 21.4 Å². The molecule has 0 fully saturated rings. The third kappa shape index (κ3) is 4.28. The second-order valence-corrected chi connectivity index (χ2v) is 9.08. The van der Waals surface area contributed by atoms with Gasteiger partial charge in [-0.15, -0.1) is 0 Å². The van der Waals surface area contributed by atoms with E-state index in [4.69, 9.17) is 4.74 Å². The standard InChI is InChI=1S/C22H25NO4S/c1-16-9-14-21(15-17(16)2)28(25,26)23(3)19-10-12-20(13-11-19)27-22(24)18-7-5-4-6-8-18/h4-5,9-15,18H,6-8H2,1-3H3/t18-/m1/s1. The van der Waals surface area contributed by atoms with Gasteiger partial charge in [-0.05, 0) is 80.6 Å². The van der Waals surface area contributed by atoms with Crippen LogP contribution in [0.5, 0.6) is 5.75 Å². The Morgan fingerprint density at radius 3 is 2.36 bits per heavy atom. The largest absolute Gasteiger partial charge is 0.426 e. The minimum Gasteiger partial charge on any atom is -0.426 e. The molecule has 2 aromatic carbocycles. The van der Waals surface area contributed by atoms with Gasteiger partial charge in [0.25, 0.3) is 10.0 Å². The summed E-state index contributed by atoms with van der Waals surface area (Å²) >= 11 is 0. The third-order valence-electron chi connectivity index (χ3n) is 5.16. The topological polar surface area (TPSA) is 63.7 Å². The summed E-state index contributed by atoms with van der Waals surface area (Å²) in [5.74, 6) is 0.0611. The zero-order valence-electron chi connectivity index (χ0n) is 16.4. The highest BCUT2D eigenvalue weighted by Gasteiger charge is 2.23. The van der Waals surface area contributed by atoms with Crippen LogP contribution in [0, 0.1) is 19.8 Å². The van der Waals surface area contributed by atoms with Gasteiger partial charge >= 0.3 is 5.97 Å². The average Bonchev–Trinajstić information content (AvgIpc) is 2.70. The molecule has 0 N–H and O–H groups in total. The Balaban J connectivity index is 1.73. The van der Waals surface area contributed by atoms with E-state index >= 15 is 0 Å². The van der Waals surface area contributed by atoms with E-state index in [0.717, 1.165) is 24.0 Å². The molecule has 0 unspecified atom stereocenters. The van der Waals surface area contributed by atoms with Crippen molar-refractivity contribution < 1.29 is 17.9 Å². The lowest BCUT2D eigenvalue weighted by molar-refractivity contribution is -0.139. The Morgan fingerprint density at radius 1 is 1.04 bits per heavy atom. The summed E-state index contributed by atoms with van der Waals surface area (Å²) in [5, 5.41) is 0. The Kier molecular flexibility index (Phi) is 5.89. The molecule has 5 nitrogen and oxygen atoms in total. The van der Waals surface area contributed by atoms with E-state index < -0.39 is 10.0 Å². The molecule has 6 heteroatoms. The molecule has 148 valence electrons. The van der Waals surface area contributed by atoms with Crippen LogP contribution in [0.1, 0.15) is 30.4 Å². The lowest BCUT2D eigenvalue weighted by Crippen LogP contribution is -2.26. The van der Waals surface area contributed by atoms with Gasteiger partial charge in [-0.1, -0.05) is 18.2 Å². The predicted molar refractivity (Wildman–Crippen MR) is 110 cm³/mol. The maximum absolute atomic E-state index is 12.9. The smallest absolute Gasteiger partial charge is 0.314 e. The molecule has 1 aliphatic rings. The molecule has 0 amide bonds. The summed E-state index contributed by atoms with van der Waals surface area (Å²) in [6.07, 6.45) is 6.47. The molecule has 0 saturated heterocycles. The fourth-order valence-corrected chi connectivity index (χ4v) is 4.38. The fraction of sp³-hybridized carbons (Fsp3) is 0.318. The lowest BCUT2D eigenvalue weighted by atomic mass is 9.95. The number of anilines is 1. The van der Waals surface area contributed by atoms with E-state index in [-0.39, 0.29) is 16.8 Å². The maximum atomic E-state index is 12.9. The SMILES string of the molecule is Cc1ccc(S(=O)(=O)N(C)c2ccc(OC(=O)[C@@H]3CC=CCC3)cc2)cc1C. The number of esters is 1. The number of hydrogen-bond acceptors (Lipinski definition) is 4. The number of rotatable bonds is 5. The van der Waals surface area contributed by atoms with Crippen molar-refractivity contribution in [2.45, 2.75) is 38.0 Å². The number of aryl methyl sites for hydroxylation is 2. The van der Waals surface area contributed by atoms with Crippen molar-refractivity contribution in [3.63, 3.8) is 0 Å². The number of benzene rings is 2. The Hall–Kier alpha value is -2.60. The van der Waals surface area contributed by atoms with Gasteiger partial charge in [0, 0.05) is 7.05 Å². The molecular formula is C22H25NO4S. The number of sulfonamides is 1. The van der Waals surface area contributed by atoms with E-state index in [0.29, 0.717) is 17.9 Å². The molecule has 28 heavy (non-hydrogen) atoms. The molecule has 1 atom stereocenters. The van der Waals surface area contributed by atoms with E-state index in [1.165, 1.54) is 11.4 Å². The zero-order chi connectivity index (χ0) is 20.3. The zero-order valence-corrected chi connectivity index (χ0v) is 17.2. The second kappa shape index (κ2) is 8.19. The molecular weight excluding hydrogens is 374 g/mol. The van der Waals surface area contributed by atoms with Crippen LogP contribution in [0.25, 0.3) is 0 Å². The van der Waals surface area contributed by atoms with Crippen molar-refractivity contribution in [3.05, 3.63) is 65.7 Å². The molecule has 2 aromatic rings. The van der Waals surface area contributed by atoms with Crippen molar-refractivity contribution in [1.82, 2.24) is 0 Å². The molecule has 0 saturated carbocycles. The molecule has 0 spiro atoms. The number of hydrogen-bond donors (Lipinski definition) is 0. The quantitative estimate of drug-likeness (QED) is 0.425. The summed E-state index contributed by atoms with van der Waals surface area (Å²) < 4.78 is 32.5. The summed E-state index contributed by atoms with van der Waals surface area (Å²) in [4.78, 5) is 12.5. The van der Waals surface area contributed by atoms with Crippen LogP contribution in [-0.2, 0) is 14.8 Å². The van der Waals surface area contributed by atoms with Crippen molar-refractivity contribution in [2.24, 2.45) is 5.92 Å². The van der Waals surface area contributed by atoms with Crippen molar-refractivity contribution in [2.75, 3.05) is 11.4 Å². The third-order valence-corrected chi connectivity index (χ3v) is 6.94. The van der Waals surface area contributed by atoms with Crippen molar-refractivity contribution in [1.29, 1.82) is 0 Å². The number of allylic oxidation sites excluding steroid dienone is 2. The molecule has 1 aliphatic carbocycles. The van der Waals surface area contributed by atoms with Gasteiger partial charge in [-0.25, -0.2) is 8.42 Å². The first-order valence-corrected chi connectivity index (χ1v) is 10.8. The van der Waals surface area contributed by atoms with E-state index in [2.05, 4.69) is 6.08 Å². The normalized spacial score (nSPS) is 16.6. The minimum absolute atomic E-state index is 0.113. The van der Waals surface area contributed by atoms with Gasteiger partial charge in [-0.2, -0.15) is 0 Å². The summed E-state index contributed by atoms with van der Waals surface area (Å²) in [6, 6.07) is 11.6. The van der Waals surface area contributed by atoms with Gasteiger partial charge < -0.3 is 4.74 Å². The van der Waals surface area contributed by atoms with Crippen LogP contribution < -0.4 is 9.04 Å². The average molecular weight is 400 g/mol. The fourth-order valence-electron chi connectivity index (χ4n) is 3.10. The van der Waals surface area contributed by atoms with Gasteiger partial charge in [0.15, 0.2) is 0 Å².